The quantitative estimate of drug-likeness (QED) is 0.446. The van der Waals surface area contributed by atoms with E-state index in [1.165, 1.54) is 6.07 Å². The van der Waals surface area contributed by atoms with Crippen LogP contribution in [0.5, 0.6) is 0 Å². The van der Waals surface area contributed by atoms with Gasteiger partial charge in [-0.25, -0.2) is 0 Å². The number of nitriles is 1. The van der Waals surface area contributed by atoms with E-state index in [1.807, 2.05) is 6.07 Å². The summed E-state index contributed by atoms with van der Waals surface area (Å²) in [6.07, 6.45) is 0.614. The molecule has 0 aliphatic carbocycles. The Morgan fingerprint density at radius 3 is 2.73 bits per heavy atom. The number of alkyl halides is 1. The minimum atomic E-state index is -0.256. The number of ketones is 1. The summed E-state index contributed by atoms with van der Waals surface area (Å²) in [4.78, 5) is 22.0. The van der Waals surface area contributed by atoms with Gasteiger partial charge in [-0.05, 0) is 24.6 Å². The second-order valence-corrected chi connectivity index (χ2v) is 3.31. The maximum atomic E-state index is 11.3. The van der Waals surface area contributed by atoms with Gasteiger partial charge >= 0.3 is 0 Å². The van der Waals surface area contributed by atoms with Crippen LogP contribution in [0.3, 0.4) is 0 Å². The Hall–Kier alpha value is -1.66. The average Bonchev–Trinajstić information content (AvgIpc) is 2.26. The average molecular weight is 222 g/mol. The van der Waals surface area contributed by atoms with E-state index in [4.69, 9.17) is 16.9 Å². The molecule has 0 amide bonds. The van der Waals surface area contributed by atoms with Crippen molar-refractivity contribution < 1.29 is 9.59 Å². The molecular weight excluding hydrogens is 214 g/mol. The van der Waals surface area contributed by atoms with Crippen LogP contribution in [0, 0.1) is 18.3 Å². The molecule has 0 aliphatic rings. The summed E-state index contributed by atoms with van der Waals surface area (Å²) in [6, 6.07) is 4.84. The molecule has 1 aromatic carbocycles. The molecule has 0 N–H and O–H groups in total. The summed E-state index contributed by atoms with van der Waals surface area (Å²) in [5.41, 5.74) is 1.50. The van der Waals surface area contributed by atoms with Crippen LogP contribution in [-0.4, -0.2) is 17.9 Å². The van der Waals surface area contributed by atoms with Gasteiger partial charge in [-0.1, -0.05) is 0 Å². The Morgan fingerprint density at radius 2 is 2.27 bits per heavy atom. The van der Waals surface area contributed by atoms with Gasteiger partial charge in [0.25, 0.3) is 0 Å². The van der Waals surface area contributed by atoms with Crippen LogP contribution in [0.2, 0.25) is 0 Å². The molecule has 4 heteroatoms. The molecule has 0 unspecified atom stereocenters. The van der Waals surface area contributed by atoms with Gasteiger partial charge in [-0.15, -0.1) is 11.6 Å². The number of carbonyl (C=O) groups is 2. The van der Waals surface area contributed by atoms with E-state index in [-0.39, 0.29) is 17.2 Å². The molecule has 0 bridgehead atoms. The predicted molar refractivity (Wildman–Crippen MR) is 56.3 cm³/mol. The van der Waals surface area contributed by atoms with Gasteiger partial charge in [0.2, 0.25) is 0 Å². The van der Waals surface area contributed by atoms with Crippen LogP contribution in [-0.2, 0) is 0 Å². The molecule has 1 rings (SSSR count). The zero-order valence-corrected chi connectivity index (χ0v) is 8.84. The molecule has 0 heterocycles. The summed E-state index contributed by atoms with van der Waals surface area (Å²) >= 11 is 5.41. The third-order valence-corrected chi connectivity index (χ3v) is 2.31. The molecule has 3 nitrogen and oxygen atoms in total. The fourth-order valence-corrected chi connectivity index (χ4v) is 1.44. The molecule has 0 aliphatic heterocycles. The Labute approximate surface area is 92.3 Å². The van der Waals surface area contributed by atoms with Crippen molar-refractivity contribution in [2.45, 2.75) is 6.92 Å². The predicted octanol–water partition coefficient (Wildman–Crippen LogP) is 2.10. The Morgan fingerprint density at radius 1 is 1.60 bits per heavy atom. The normalized spacial score (nSPS) is 9.40. The third kappa shape index (κ3) is 2.23. The van der Waals surface area contributed by atoms with Crippen molar-refractivity contribution in [1.29, 1.82) is 5.26 Å². The lowest BCUT2D eigenvalue weighted by molar-refractivity contribution is 0.101. The fraction of sp³-hybridized carbons (Fsp3) is 0.182. The SMILES string of the molecule is Cc1cc(C(=O)CCl)cc(C#N)c1C=O. The summed E-state index contributed by atoms with van der Waals surface area (Å²) < 4.78 is 0. The van der Waals surface area contributed by atoms with Crippen LogP contribution < -0.4 is 0 Å². The van der Waals surface area contributed by atoms with Gasteiger partial charge in [0.15, 0.2) is 12.1 Å². The van der Waals surface area contributed by atoms with E-state index in [1.54, 1.807) is 13.0 Å². The van der Waals surface area contributed by atoms with Crippen molar-refractivity contribution >= 4 is 23.7 Å². The van der Waals surface area contributed by atoms with E-state index >= 15 is 0 Å². The molecular formula is C11H8ClNO2. The number of aryl methyl sites for hydroxylation is 1. The van der Waals surface area contributed by atoms with Crippen molar-refractivity contribution in [1.82, 2.24) is 0 Å². The van der Waals surface area contributed by atoms with Crippen LogP contribution in [0.15, 0.2) is 12.1 Å². The molecule has 0 saturated carbocycles. The summed E-state index contributed by atoms with van der Waals surface area (Å²) in [7, 11) is 0. The molecule has 15 heavy (non-hydrogen) atoms. The summed E-state index contributed by atoms with van der Waals surface area (Å²) in [5, 5.41) is 8.80. The lowest BCUT2D eigenvalue weighted by Crippen LogP contribution is -2.04. The molecule has 1 aromatic rings. The number of rotatable bonds is 3. The first-order chi connectivity index (χ1) is 7.13. The van der Waals surface area contributed by atoms with Crippen LogP contribution in [0.1, 0.15) is 31.8 Å². The second kappa shape index (κ2) is 4.72. The zero-order chi connectivity index (χ0) is 11.4. The van der Waals surface area contributed by atoms with Crippen LogP contribution >= 0.6 is 11.6 Å². The number of hydrogen-bond acceptors (Lipinski definition) is 3. The number of halogens is 1. The monoisotopic (exact) mass is 221 g/mol. The second-order valence-electron chi connectivity index (χ2n) is 3.04. The van der Waals surface area contributed by atoms with Crippen LogP contribution in [0.4, 0.5) is 0 Å². The highest BCUT2D eigenvalue weighted by Crippen LogP contribution is 2.15. The van der Waals surface area contributed by atoms with Gasteiger partial charge in [-0.2, -0.15) is 5.26 Å². The van der Waals surface area contributed by atoms with Gasteiger partial charge in [0, 0.05) is 11.1 Å². The Bertz CT molecular complexity index is 460. The standard InChI is InChI=1S/C11H8ClNO2/c1-7-2-8(11(15)4-12)3-9(5-13)10(7)6-14/h2-3,6H,4H2,1H3. The van der Waals surface area contributed by atoms with E-state index in [9.17, 15) is 9.59 Å². The minimum Gasteiger partial charge on any atom is -0.298 e. The fourth-order valence-electron chi connectivity index (χ4n) is 1.29. The lowest BCUT2D eigenvalue weighted by Gasteiger charge is -2.04. The van der Waals surface area contributed by atoms with Crippen molar-refractivity contribution in [3.63, 3.8) is 0 Å². The van der Waals surface area contributed by atoms with Gasteiger partial charge in [-0.3, -0.25) is 9.59 Å². The smallest absolute Gasteiger partial charge is 0.177 e. The number of hydrogen-bond donors (Lipinski definition) is 0. The molecule has 76 valence electrons. The molecule has 0 radical (unpaired) electrons. The number of carbonyl (C=O) groups excluding carboxylic acids is 2. The van der Waals surface area contributed by atoms with Crippen molar-refractivity contribution in [3.8, 4) is 6.07 Å². The Balaban J connectivity index is 3.40. The van der Waals surface area contributed by atoms with Crippen molar-refractivity contribution in [3.05, 3.63) is 34.4 Å². The van der Waals surface area contributed by atoms with Gasteiger partial charge in [0.05, 0.1) is 17.5 Å². The minimum absolute atomic E-state index is 0.134. The summed E-state index contributed by atoms with van der Waals surface area (Å²) in [5.74, 6) is -0.390. The van der Waals surface area contributed by atoms with Gasteiger partial charge in [0.1, 0.15) is 0 Å². The summed E-state index contributed by atoms with van der Waals surface area (Å²) in [6.45, 7) is 1.68. The number of benzene rings is 1. The van der Waals surface area contributed by atoms with E-state index < -0.39 is 0 Å². The topological polar surface area (TPSA) is 57.9 Å². The van der Waals surface area contributed by atoms with E-state index in [0.717, 1.165) is 0 Å². The van der Waals surface area contributed by atoms with Crippen molar-refractivity contribution in [2.24, 2.45) is 0 Å². The molecule has 0 aromatic heterocycles. The maximum Gasteiger partial charge on any atom is 0.177 e. The lowest BCUT2D eigenvalue weighted by atomic mass is 9.98. The van der Waals surface area contributed by atoms with E-state index in [0.29, 0.717) is 23.0 Å². The van der Waals surface area contributed by atoms with E-state index in [2.05, 4.69) is 0 Å². The maximum absolute atomic E-state index is 11.3. The number of Topliss-reactive ketones (excluding diaryl/α,β-unsaturated/α-hetero) is 1. The number of aldehydes is 1. The third-order valence-electron chi connectivity index (χ3n) is 2.07. The Kier molecular flexibility index (Phi) is 3.59. The largest absolute Gasteiger partial charge is 0.298 e. The zero-order valence-electron chi connectivity index (χ0n) is 8.08. The molecule has 0 fully saturated rings. The first-order valence-corrected chi connectivity index (χ1v) is 4.76. The number of nitrogens with zero attached hydrogens (tertiary/aromatic N) is 1. The first kappa shape index (κ1) is 11.4. The molecule has 0 atom stereocenters. The first-order valence-electron chi connectivity index (χ1n) is 4.23. The van der Waals surface area contributed by atoms with Crippen LogP contribution in [0.25, 0.3) is 0 Å². The van der Waals surface area contributed by atoms with Crippen molar-refractivity contribution in [2.75, 3.05) is 5.88 Å². The highest BCUT2D eigenvalue weighted by molar-refractivity contribution is 6.30. The molecule has 0 saturated heterocycles. The highest BCUT2D eigenvalue weighted by atomic mass is 35.5. The molecule has 0 spiro atoms. The van der Waals surface area contributed by atoms with Gasteiger partial charge < -0.3 is 0 Å². The highest BCUT2D eigenvalue weighted by Gasteiger charge is 2.11.